The van der Waals surface area contributed by atoms with Gasteiger partial charge in [0, 0.05) is 32.2 Å². The number of carbonyl (C=O) groups is 2. The number of carbonyl (C=O) groups excluding carboxylic acids is 1. The molecule has 2 aliphatic rings. The van der Waals surface area contributed by atoms with E-state index in [1.54, 1.807) is 0 Å². The van der Waals surface area contributed by atoms with Crippen molar-refractivity contribution in [2.24, 2.45) is 5.92 Å². The maximum Gasteiger partial charge on any atom is 0.320 e. The zero-order valence-corrected chi connectivity index (χ0v) is 13.1. The van der Waals surface area contributed by atoms with Crippen molar-refractivity contribution in [3.05, 3.63) is 0 Å². The zero-order chi connectivity index (χ0) is 15.4. The van der Waals surface area contributed by atoms with Crippen LogP contribution in [0, 0.1) is 5.92 Å². The molecular weight excluding hydrogens is 270 g/mol. The summed E-state index contributed by atoms with van der Waals surface area (Å²) in [5.74, 6) is -1.02. The summed E-state index contributed by atoms with van der Waals surface area (Å²) in [6, 6.07) is 0.364. The Morgan fingerprint density at radius 2 is 1.81 bits per heavy atom. The van der Waals surface area contributed by atoms with Crippen LogP contribution in [0.15, 0.2) is 0 Å². The minimum absolute atomic E-state index is 0.0981. The highest BCUT2D eigenvalue weighted by atomic mass is 16.4. The van der Waals surface area contributed by atoms with Gasteiger partial charge in [0.25, 0.3) is 0 Å². The van der Waals surface area contributed by atoms with E-state index < -0.39 is 5.97 Å². The highest BCUT2D eigenvalue weighted by Gasteiger charge is 2.32. The molecule has 1 atom stereocenters. The molecule has 21 heavy (non-hydrogen) atoms. The van der Waals surface area contributed by atoms with Crippen LogP contribution in [-0.2, 0) is 4.79 Å². The van der Waals surface area contributed by atoms with Crippen LogP contribution >= 0.6 is 0 Å². The lowest BCUT2D eigenvalue weighted by molar-refractivity contribution is -0.143. The van der Waals surface area contributed by atoms with Gasteiger partial charge in [-0.15, -0.1) is 0 Å². The van der Waals surface area contributed by atoms with E-state index in [9.17, 15) is 9.59 Å². The van der Waals surface area contributed by atoms with E-state index in [4.69, 9.17) is 5.11 Å². The molecule has 0 spiro atoms. The van der Waals surface area contributed by atoms with Crippen molar-refractivity contribution in [1.29, 1.82) is 0 Å². The number of hydrogen-bond acceptors (Lipinski definition) is 3. The van der Waals surface area contributed by atoms with Gasteiger partial charge in [0.2, 0.25) is 0 Å². The van der Waals surface area contributed by atoms with Gasteiger partial charge in [-0.2, -0.15) is 0 Å². The molecule has 1 N–H and O–H groups in total. The molecule has 2 fully saturated rings. The van der Waals surface area contributed by atoms with Gasteiger partial charge in [0.15, 0.2) is 0 Å². The summed E-state index contributed by atoms with van der Waals surface area (Å²) in [6.45, 7) is 6.02. The third-order valence-electron chi connectivity index (χ3n) is 4.73. The molecule has 2 saturated heterocycles. The second kappa shape index (κ2) is 7.11. The number of aliphatic carboxylic acids is 1. The average molecular weight is 297 g/mol. The van der Waals surface area contributed by atoms with Crippen LogP contribution in [0.5, 0.6) is 0 Å². The van der Waals surface area contributed by atoms with Crippen molar-refractivity contribution in [2.45, 2.75) is 38.6 Å². The molecule has 120 valence electrons. The first-order valence-electron chi connectivity index (χ1n) is 7.99. The third-order valence-corrected chi connectivity index (χ3v) is 4.73. The predicted molar refractivity (Wildman–Crippen MR) is 80.2 cm³/mol. The van der Waals surface area contributed by atoms with Gasteiger partial charge in [-0.05, 0) is 39.3 Å². The highest BCUT2D eigenvalue weighted by Crippen LogP contribution is 2.21. The Morgan fingerprint density at radius 1 is 1.14 bits per heavy atom. The van der Waals surface area contributed by atoms with Crippen LogP contribution < -0.4 is 0 Å². The fourth-order valence-electron chi connectivity index (χ4n) is 3.34. The molecule has 0 aliphatic carbocycles. The Morgan fingerprint density at radius 3 is 2.38 bits per heavy atom. The predicted octanol–water partition coefficient (Wildman–Crippen LogP) is 1.32. The molecule has 2 amide bonds. The van der Waals surface area contributed by atoms with Crippen molar-refractivity contribution in [1.82, 2.24) is 14.7 Å². The highest BCUT2D eigenvalue weighted by molar-refractivity contribution is 5.76. The molecule has 0 aromatic heterocycles. The van der Waals surface area contributed by atoms with E-state index >= 15 is 0 Å². The number of likely N-dealkylation sites (N-methyl/N-ethyl adjacent to an activating group) is 1. The topological polar surface area (TPSA) is 64.1 Å². The molecule has 0 aromatic carbocycles. The van der Waals surface area contributed by atoms with Gasteiger partial charge in [0.1, 0.15) is 0 Å². The Labute approximate surface area is 126 Å². The fraction of sp³-hybridized carbons (Fsp3) is 0.867. The van der Waals surface area contributed by atoms with Crippen LogP contribution in [0.3, 0.4) is 0 Å². The summed E-state index contributed by atoms with van der Waals surface area (Å²) in [5, 5.41) is 9.04. The molecule has 2 heterocycles. The first-order chi connectivity index (χ1) is 10.0. The third kappa shape index (κ3) is 3.87. The maximum absolute atomic E-state index is 12.7. The van der Waals surface area contributed by atoms with Gasteiger partial charge in [-0.3, -0.25) is 4.79 Å². The molecule has 0 radical (unpaired) electrons. The lowest BCUT2D eigenvalue weighted by Gasteiger charge is -2.37. The Hall–Kier alpha value is -1.30. The minimum atomic E-state index is -0.732. The summed E-state index contributed by atoms with van der Waals surface area (Å²) in [4.78, 5) is 29.9. The maximum atomic E-state index is 12.7. The fourth-order valence-corrected chi connectivity index (χ4v) is 3.34. The molecule has 0 aromatic rings. The van der Waals surface area contributed by atoms with E-state index in [1.165, 1.54) is 0 Å². The largest absolute Gasteiger partial charge is 0.481 e. The first-order valence-corrected chi connectivity index (χ1v) is 7.99. The summed E-state index contributed by atoms with van der Waals surface area (Å²) in [6.07, 6.45) is 3.11. The van der Waals surface area contributed by atoms with Gasteiger partial charge in [-0.1, -0.05) is 6.92 Å². The van der Waals surface area contributed by atoms with E-state index in [2.05, 4.69) is 18.9 Å². The van der Waals surface area contributed by atoms with Gasteiger partial charge in [0.05, 0.1) is 5.92 Å². The first kappa shape index (κ1) is 16.1. The molecule has 0 bridgehead atoms. The average Bonchev–Trinajstić information content (AvgIpc) is 2.67. The van der Waals surface area contributed by atoms with Gasteiger partial charge in [-0.25, -0.2) is 4.79 Å². The second-order valence-electron chi connectivity index (χ2n) is 6.25. The van der Waals surface area contributed by atoms with Crippen LogP contribution in [0.4, 0.5) is 4.79 Å². The lowest BCUT2D eigenvalue weighted by atomic mass is 9.97. The number of urea groups is 1. The van der Waals surface area contributed by atoms with E-state index in [1.807, 2.05) is 9.80 Å². The van der Waals surface area contributed by atoms with E-state index in [-0.39, 0.29) is 18.0 Å². The van der Waals surface area contributed by atoms with Crippen LogP contribution in [-0.4, -0.2) is 77.6 Å². The van der Waals surface area contributed by atoms with Crippen molar-refractivity contribution in [2.75, 3.05) is 39.8 Å². The molecule has 1 unspecified atom stereocenters. The molecule has 0 saturated carbocycles. The lowest BCUT2D eigenvalue weighted by Crippen LogP contribution is -2.52. The second-order valence-corrected chi connectivity index (χ2v) is 6.25. The number of hydrogen-bond donors (Lipinski definition) is 1. The number of carboxylic acid groups (broad SMARTS) is 1. The number of nitrogens with zero attached hydrogens (tertiary/aromatic N) is 3. The molecule has 6 heteroatoms. The quantitative estimate of drug-likeness (QED) is 0.835. The van der Waals surface area contributed by atoms with Crippen molar-refractivity contribution >= 4 is 12.0 Å². The van der Waals surface area contributed by atoms with Crippen LogP contribution in [0.2, 0.25) is 0 Å². The van der Waals surface area contributed by atoms with Crippen molar-refractivity contribution in [3.63, 3.8) is 0 Å². The van der Waals surface area contributed by atoms with Gasteiger partial charge >= 0.3 is 12.0 Å². The normalized spacial score (nSPS) is 25.7. The summed E-state index contributed by atoms with van der Waals surface area (Å²) >= 11 is 0. The van der Waals surface area contributed by atoms with Gasteiger partial charge < -0.3 is 19.8 Å². The number of carboxylic acids is 1. The standard InChI is InChI=1S/C15H27N3O3/c1-3-13-11-16(2)7-4-8-18(13)15(21)17-9-5-12(6-10-17)14(19)20/h12-13H,3-11H2,1-2H3,(H,19,20). The summed E-state index contributed by atoms with van der Waals surface area (Å²) in [7, 11) is 2.11. The van der Waals surface area contributed by atoms with Crippen molar-refractivity contribution < 1.29 is 14.7 Å². The van der Waals surface area contributed by atoms with E-state index in [0.717, 1.165) is 32.5 Å². The Bertz CT molecular complexity index is 380. The smallest absolute Gasteiger partial charge is 0.320 e. The number of likely N-dealkylation sites (tertiary alicyclic amines) is 1. The van der Waals surface area contributed by atoms with Crippen LogP contribution in [0.25, 0.3) is 0 Å². The number of rotatable bonds is 2. The summed E-state index contributed by atoms with van der Waals surface area (Å²) < 4.78 is 0. The Balaban J connectivity index is 1.96. The zero-order valence-electron chi connectivity index (χ0n) is 13.1. The minimum Gasteiger partial charge on any atom is -0.481 e. The summed E-state index contributed by atoms with van der Waals surface area (Å²) in [5.41, 5.74) is 0. The van der Waals surface area contributed by atoms with Crippen LogP contribution in [0.1, 0.15) is 32.6 Å². The molecule has 2 aliphatic heterocycles. The van der Waals surface area contributed by atoms with Crippen molar-refractivity contribution in [3.8, 4) is 0 Å². The molecule has 2 rings (SSSR count). The SMILES string of the molecule is CCC1CN(C)CCCN1C(=O)N1CCC(C(=O)O)CC1. The number of amides is 2. The van der Waals surface area contributed by atoms with E-state index in [0.29, 0.717) is 25.9 Å². The Kier molecular flexibility index (Phi) is 5.45. The molecular formula is C15H27N3O3. The monoisotopic (exact) mass is 297 g/mol. The number of piperidine rings is 1. The molecule has 6 nitrogen and oxygen atoms in total.